The van der Waals surface area contributed by atoms with Gasteiger partial charge in [0.05, 0.1) is 0 Å². The molecular formula is C17H18ClNO2. The first kappa shape index (κ1) is 15.5. The Bertz CT molecular complexity index is 586. The van der Waals surface area contributed by atoms with Crippen molar-refractivity contribution in [2.45, 2.75) is 18.2 Å². The number of hydrogen-bond donors (Lipinski definition) is 2. The van der Waals surface area contributed by atoms with E-state index < -0.39 is 5.38 Å². The number of alkyl halides is 1. The van der Waals surface area contributed by atoms with Crippen LogP contribution in [0.5, 0.6) is 0 Å². The van der Waals surface area contributed by atoms with Crippen molar-refractivity contribution in [2.24, 2.45) is 0 Å². The van der Waals surface area contributed by atoms with Crippen molar-refractivity contribution in [3.8, 4) is 0 Å². The Hall–Kier alpha value is -1.84. The lowest BCUT2D eigenvalue weighted by molar-refractivity contribution is -0.116. The van der Waals surface area contributed by atoms with E-state index in [1.54, 1.807) is 0 Å². The van der Waals surface area contributed by atoms with Crippen LogP contribution in [0.2, 0.25) is 0 Å². The topological polar surface area (TPSA) is 49.3 Å². The average Bonchev–Trinajstić information content (AvgIpc) is 2.53. The van der Waals surface area contributed by atoms with Crippen LogP contribution >= 0.6 is 11.6 Å². The number of carbonyl (C=O) groups is 1. The number of amides is 1. The van der Waals surface area contributed by atoms with Crippen molar-refractivity contribution >= 4 is 23.2 Å². The van der Waals surface area contributed by atoms with Crippen molar-refractivity contribution in [1.29, 1.82) is 0 Å². The van der Waals surface area contributed by atoms with Crippen LogP contribution in [0.25, 0.3) is 0 Å². The summed E-state index contributed by atoms with van der Waals surface area (Å²) in [6.45, 7) is 0.161. The maximum atomic E-state index is 12.2. The molecule has 0 aromatic heterocycles. The van der Waals surface area contributed by atoms with Gasteiger partial charge in [0.2, 0.25) is 5.91 Å². The maximum Gasteiger partial charge on any atom is 0.246 e. The first-order chi connectivity index (χ1) is 10.2. The molecule has 0 fully saturated rings. The standard InChI is InChI=1S/C17H18ClNO2/c18-16(14-8-2-1-3-9-14)17(21)19-15-10-4-6-13(12-15)7-5-11-20/h1-4,6,8-10,12,16,20H,5,7,11H2,(H,19,21). The highest BCUT2D eigenvalue weighted by Crippen LogP contribution is 2.22. The van der Waals surface area contributed by atoms with Gasteiger partial charge in [0, 0.05) is 12.3 Å². The van der Waals surface area contributed by atoms with E-state index in [4.69, 9.17) is 16.7 Å². The molecule has 0 saturated heterocycles. The Labute approximate surface area is 129 Å². The van der Waals surface area contributed by atoms with Crippen LogP contribution in [-0.2, 0) is 11.2 Å². The summed E-state index contributed by atoms with van der Waals surface area (Å²) >= 11 is 6.18. The zero-order valence-electron chi connectivity index (χ0n) is 11.6. The zero-order chi connectivity index (χ0) is 15.1. The summed E-state index contributed by atoms with van der Waals surface area (Å²) in [5, 5.41) is 11.0. The number of hydrogen-bond acceptors (Lipinski definition) is 2. The van der Waals surface area contributed by atoms with Crippen molar-refractivity contribution in [1.82, 2.24) is 0 Å². The van der Waals surface area contributed by atoms with E-state index in [2.05, 4.69) is 5.32 Å². The quantitative estimate of drug-likeness (QED) is 0.802. The molecule has 2 rings (SSSR count). The minimum Gasteiger partial charge on any atom is -0.396 e. The second kappa shape index (κ2) is 7.81. The van der Waals surface area contributed by atoms with E-state index in [-0.39, 0.29) is 12.5 Å². The van der Waals surface area contributed by atoms with Gasteiger partial charge >= 0.3 is 0 Å². The van der Waals surface area contributed by atoms with E-state index in [0.29, 0.717) is 6.42 Å². The zero-order valence-corrected chi connectivity index (χ0v) is 12.4. The Balaban J connectivity index is 2.02. The molecule has 0 saturated carbocycles. The van der Waals surface area contributed by atoms with Crippen LogP contribution in [0.15, 0.2) is 54.6 Å². The van der Waals surface area contributed by atoms with E-state index in [1.807, 2.05) is 54.6 Å². The molecule has 0 radical (unpaired) electrons. The van der Waals surface area contributed by atoms with Crippen LogP contribution in [-0.4, -0.2) is 17.6 Å². The third-order valence-electron chi connectivity index (χ3n) is 3.14. The van der Waals surface area contributed by atoms with E-state index in [1.165, 1.54) is 0 Å². The third-order valence-corrected chi connectivity index (χ3v) is 3.59. The summed E-state index contributed by atoms with van der Waals surface area (Å²) in [6.07, 6.45) is 1.49. The summed E-state index contributed by atoms with van der Waals surface area (Å²) in [7, 11) is 0. The number of carbonyl (C=O) groups excluding carboxylic acids is 1. The molecule has 2 aromatic rings. The molecule has 3 nitrogen and oxygen atoms in total. The van der Waals surface area contributed by atoms with Crippen LogP contribution in [0, 0.1) is 0 Å². The van der Waals surface area contributed by atoms with E-state index >= 15 is 0 Å². The van der Waals surface area contributed by atoms with Gasteiger partial charge in [-0.25, -0.2) is 0 Å². The highest BCUT2D eigenvalue weighted by molar-refractivity contribution is 6.32. The Morgan fingerprint density at radius 3 is 2.62 bits per heavy atom. The summed E-state index contributed by atoms with van der Waals surface area (Å²) in [5.41, 5.74) is 2.57. The predicted molar refractivity (Wildman–Crippen MR) is 85.5 cm³/mol. The normalized spacial score (nSPS) is 11.9. The molecule has 2 N–H and O–H groups in total. The van der Waals surface area contributed by atoms with E-state index in [9.17, 15) is 4.79 Å². The molecule has 0 bridgehead atoms. The van der Waals surface area contributed by atoms with Gasteiger partial charge in [-0.2, -0.15) is 0 Å². The van der Waals surface area contributed by atoms with Gasteiger partial charge in [0.1, 0.15) is 5.38 Å². The Morgan fingerprint density at radius 1 is 1.14 bits per heavy atom. The summed E-state index contributed by atoms with van der Waals surface area (Å²) in [6, 6.07) is 16.8. The highest BCUT2D eigenvalue weighted by atomic mass is 35.5. The minimum atomic E-state index is -0.715. The molecule has 1 atom stereocenters. The second-order valence-corrected chi connectivity index (χ2v) is 5.23. The summed E-state index contributed by atoms with van der Waals surface area (Å²) in [5.74, 6) is -0.248. The average molecular weight is 304 g/mol. The van der Waals surface area contributed by atoms with Crippen LogP contribution < -0.4 is 5.32 Å². The third kappa shape index (κ3) is 4.59. The van der Waals surface area contributed by atoms with Crippen molar-refractivity contribution in [2.75, 3.05) is 11.9 Å². The number of aryl methyl sites for hydroxylation is 1. The monoisotopic (exact) mass is 303 g/mol. The first-order valence-corrected chi connectivity index (χ1v) is 7.34. The van der Waals surface area contributed by atoms with Crippen LogP contribution in [0.1, 0.15) is 22.9 Å². The fraction of sp³-hybridized carbons (Fsp3) is 0.235. The molecule has 0 spiro atoms. The number of aliphatic hydroxyl groups excluding tert-OH is 1. The largest absolute Gasteiger partial charge is 0.396 e. The molecule has 0 aliphatic carbocycles. The second-order valence-electron chi connectivity index (χ2n) is 4.79. The fourth-order valence-electron chi connectivity index (χ4n) is 2.07. The summed E-state index contributed by atoms with van der Waals surface area (Å²) in [4.78, 5) is 12.2. The first-order valence-electron chi connectivity index (χ1n) is 6.90. The molecule has 4 heteroatoms. The van der Waals surface area contributed by atoms with Gasteiger partial charge in [0.15, 0.2) is 0 Å². The lowest BCUT2D eigenvalue weighted by Crippen LogP contribution is -2.17. The van der Waals surface area contributed by atoms with Gasteiger partial charge in [-0.15, -0.1) is 11.6 Å². The van der Waals surface area contributed by atoms with Crippen molar-refractivity contribution in [3.05, 3.63) is 65.7 Å². The molecule has 21 heavy (non-hydrogen) atoms. The minimum absolute atomic E-state index is 0.161. The number of nitrogens with one attached hydrogen (secondary N) is 1. The van der Waals surface area contributed by atoms with Crippen LogP contribution in [0.4, 0.5) is 5.69 Å². The molecule has 2 aromatic carbocycles. The highest BCUT2D eigenvalue weighted by Gasteiger charge is 2.17. The smallest absolute Gasteiger partial charge is 0.246 e. The number of anilines is 1. The van der Waals surface area contributed by atoms with Gasteiger partial charge in [-0.1, -0.05) is 42.5 Å². The number of rotatable bonds is 6. The van der Waals surface area contributed by atoms with Gasteiger partial charge in [0.25, 0.3) is 0 Å². The Morgan fingerprint density at radius 2 is 1.90 bits per heavy atom. The lowest BCUT2D eigenvalue weighted by Gasteiger charge is -2.11. The number of aliphatic hydroxyl groups is 1. The molecule has 1 amide bonds. The lowest BCUT2D eigenvalue weighted by atomic mass is 10.1. The molecule has 0 aliphatic rings. The summed E-state index contributed by atoms with van der Waals surface area (Å²) < 4.78 is 0. The molecule has 110 valence electrons. The number of benzene rings is 2. The van der Waals surface area contributed by atoms with Crippen molar-refractivity contribution < 1.29 is 9.90 Å². The molecule has 0 aliphatic heterocycles. The number of halogens is 1. The predicted octanol–water partition coefficient (Wildman–Crippen LogP) is 3.53. The van der Waals surface area contributed by atoms with Gasteiger partial charge in [-0.3, -0.25) is 4.79 Å². The van der Waals surface area contributed by atoms with Gasteiger partial charge < -0.3 is 10.4 Å². The molecule has 1 unspecified atom stereocenters. The molecular weight excluding hydrogens is 286 g/mol. The Kier molecular flexibility index (Phi) is 5.78. The van der Waals surface area contributed by atoms with Crippen molar-refractivity contribution in [3.63, 3.8) is 0 Å². The van der Waals surface area contributed by atoms with Gasteiger partial charge in [-0.05, 0) is 36.1 Å². The fourth-order valence-corrected chi connectivity index (χ4v) is 2.27. The maximum absolute atomic E-state index is 12.2. The molecule has 0 heterocycles. The van der Waals surface area contributed by atoms with Crippen LogP contribution in [0.3, 0.4) is 0 Å². The SMILES string of the molecule is O=C(Nc1cccc(CCCO)c1)C(Cl)c1ccccc1. The van der Waals surface area contributed by atoms with E-state index in [0.717, 1.165) is 23.2 Å².